The molecule has 1 rings (SSSR count). The Kier molecular flexibility index (Phi) is 3.91. The van der Waals surface area contributed by atoms with Crippen LogP contribution in [-0.4, -0.2) is 26.6 Å². The molecule has 0 aliphatic rings. The van der Waals surface area contributed by atoms with Crippen LogP contribution in [0.2, 0.25) is 5.15 Å². The highest BCUT2D eigenvalue weighted by molar-refractivity contribution is 7.91. The minimum Gasteiger partial charge on any atom is -0.452 e. The van der Waals surface area contributed by atoms with Gasteiger partial charge in [0.15, 0.2) is 0 Å². The highest BCUT2D eigenvalue weighted by Crippen LogP contribution is 2.10. The van der Waals surface area contributed by atoms with E-state index in [1.54, 1.807) is 4.72 Å². The van der Waals surface area contributed by atoms with Gasteiger partial charge in [-0.2, -0.15) is 8.42 Å². The Balaban J connectivity index is 2.73. The molecule has 0 aromatic carbocycles. The summed E-state index contributed by atoms with van der Waals surface area (Å²) in [4.78, 5) is 14.3. The maximum Gasteiger partial charge on any atom is 0.422 e. The summed E-state index contributed by atoms with van der Waals surface area (Å²) in [6.45, 7) is 0. The van der Waals surface area contributed by atoms with Gasteiger partial charge in [-0.3, -0.25) is 4.72 Å². The lowest BCUT2D eigenvalue weighted by Crippen LogP contribution is -2.35. The second kappa shape index (κ2) is 4.99. The van der Waals surface area contributed by atoms with Gasteiger partial charge in [-0.05, 0) is 12.1 Å². The predicted octanol–water partition coefficient (Wildman–Crippen LogP) is 0.748. The van der Waals surface area contributed by atoms with Gasteiger partial charge < -0.3 is 4.74 Å². The number of nitrogens with zero attached hydrogens (tertiary/aromatic N) is 1. The van der Waals surface area contributed by atoms with E-state index in [-0.39, 0.29) is 10.8 Å². The Morgan fingerprint density at radius 1 is 1.50 bits per heavy atom. The molecule has 0 saturated heterocycles. The zero-order chi connectivity index (χ0) is 12.2. The molecule has 7 nitrogen and oxygen atoms in total. The number of carbonyl (C=O) groups excluding carboxylic acids is 1. The van der Waals surface area contributed by atoms with E-state index in [0.717, 1.165) is 7.11 Å². The quantitative estimate of drug-likeness (QED) is 0.786. The summed E-state index contributed by atoms with van der Waals surface area (Å²) < 4.78 is 30.3. The molecular weight excluding hydrogens is 258 g/mol. The van der Waals surface area contributed by atoms with Crippen molar-refractivity contribution < 1.29 is 17.9 Å². The summed E-state index contributed by atoms with van der Waals surface area (Å²) in [5.74, 6) is 0. The van der Waals surface area contributed by atoms with E-state index >= 15 is 0 Å². The zero-order valence-corrected chi connectivity index (χ0v) is 9.67. The molecule has 9 heteroatoms. The van der Waals surface area contributed by atoms with Gasteiger partial charge in [0.2, 0.25) is 0 Å². The largest absolute Gasteiger partial charge is 0.452 e. The molecule has 0 fully saturated rings. The fourth-order valence-corrected chi connectivity index (χ4v) is 1.66. The first-order valence-corrected chi connectivity index (χ1v) is 5.79. The van der Waals surface area contributed by atoms with Gasteiger partial charge >= 0.3 is 16.3 Å². The van der Waals surface area contributed by atoms with Crippen molar-refractivity contribution in [2.75, 3.05) is 11.8 Å². The summed E-state index contributed by atoms with van der Waals surface area (Å²) in [6.07, 6.45) is 0.119. The van der Waals surface area contributed by atoms with Crippen LogP contribution in [0.5, 0.6) is 0 Å². The first-order valence-electron chi connectivity index (χ1n) is 3.93. The summed E-state index contributed by atoms with van der Waals surface area (Å²) in [5.41, 5.74) is 0.167. The van der Waals surface area contributed by atoms with Crippen LogP contribution in [-0.2, 0) is 14.9 Å². The average molecular weight is 266 g/mol. The Bertz CT molecular complexity index is 473. The van der Waals surface area contributed by atoms with Crippen molar-refractivity contribution in [2.24, 2.45) is 0 Å². The topological polar surface area (TPSA) is 97.4 Å². The van der Waals surface area contributed by atoms with Crippen LogP contribution in [0.25, 0.3) is 0 Å². The van der Waals surface area contributed by atoms with E-state index in [1.807, 2.05) is 4.72 Å². The molecule has 0 saturated carbocycles. The summed E-state index contributed by atoms with van der Waals surface area (Å²) >= 11 is 5.51. The number of hydrogen-bond acceptors (Lipinski definition) is 5. The lowest BCUT2D eigenvalue weighted by Gasteiger charge is -2.07. The number of pyridine rings is 1. The van der Waals surface area contributed by atoms with Crippen LogP contribution >= 0.6 is 11.6 Å². The van der Waals surface area contributed by atoms with E-state index in [2.05, 4.69) is 9.72 Å². The number of hydrogen-bond donors (Lipinski definition) is 2. The zero-order valence-electron chi connectivity index (χ0n) is 8.10. The minimum absolute atomic E-state index is 0.167. The first-order chi connectivity index (χ1) is 7.43. The van der Waals surface area contributed by atoms with E-state index in [9.17, 15) is 13.2 Å². The molecule has 0 bridgehead atoms. The van der Waals surface area contributed by atoms with Gasteiger partial charge in [-0.1, -0.05) is 11.6 Å². The van der Waals surface area contributed by atoms with Crippen LogP contribution < -0.4 is 9.44 Å². The van der Waals surface area contributed by atoms with Gasteiger partial charge in [-0.15, -0.1) is 0 Å². The molecule has 1 amide bonds. The van der Waals surface area contributed by atoms with Crippen LogP contribution in [0.15, 0.2) is 18.3 Å². The fourth-order valence-electron chi connectivity index (χ4n) is 0.768. The van der Waals surface area contributed by atoms with Gasteiger partial charge in [0, 0.05) is 0 Å². The third-order valence-corrected chi connectivity index (χ3v) is 2.55. The van der Waals surface area contributed by atoms with Gasteiger partial charge in [0.1, 0.15) is 5.15 Å². The molecule has 0 atom stereocenters. The van der Waals surface area contributed by atoms with Gasteiger partial charge in [0.05, 0.1) is 19.0 Å². The average Bonchev–Trinajstić information content (AvgIpc) is 2.20. The van der Waals surface area contributed by atoms with Crippen molar-refractivity contribution in [1.82, 2.24) is 9.71 Å². The first kappa shape index (κ1) is 12.5. The number of anilines is 1. The van der Waals surface area contributed by atoms with Crippen molar-refractivity contribution in [3.63, 3.8) is 0 Å². The maximum absolute atomic E-state index is 11.3. The third-order valence-electron chi connectivity index (χ3n) is 1.38. The number of carbonyl (C=O) groups is 1. The second-order valence-corrected chi connectivity index (χ2v) is 4.37. The summed E-state index contributed by atoms with van der Waals surface area (Å²) in [7, 11) is -2.97. The van der Waals surface area contributed by atoms with Crippen LogP contribution in [0.3, 0.4) is 0 Å². The van der Waals surface area contributed by atoms with Gasteiger partial charge in [-0.25, -0.2) is 14.5 Å². The number of ether oxygens (including phenoxy) is 1. The Morgan fingerprint density at radius 2 is 2.19 bits per heavy atom. The predicted molar refractivity (Wildman–Crippen MR) is 57.3 cm³/mol. The molecule has 0 aliphatic carbocycles. The standard InChI is InChI=1S/C7H8ClN3O4S/c1-15-7(12)11-16(13,14)10-5-2-3-6(8)9-4-5/h2-4,10H,1H3,(H,11,12). The number of amides is 1. The summed E-state index contributed by atoms with van der Waals surface area (Å²) in [6, 6.07) is 2.80. The minimum atomic E-state index is -4.02. The van der Waals surface area contributed by atoms with E-state index < -0.39 is 16.3 Å². The molecule has 2 N–H and O–H groups in total. The van der Waals surface area contributed by atoms with Crippen LogP contribution in [0.1, 0.15) is 0 Å². The smallest absolute Gasteiger partial charge is 0.422 e. The number of aromatic nitrogens is 1. The molecule has 1 heterocycles. The van der Waals surface area contributed by atoms with E-state index in [1.165, 1.54) is 18.3 Å². The van der Waals surface area contributed by atoms with Crippen LogP contribution in [0, 0.1) is 0 Å². The lowest BCUT2D eigenvalue weighted by atomic mass is 10.4. The van der Waals surface area contributed by atoms with Crippen molar-refractivity contribution in [3.8, 4) is 0 Å². The molecule has 0 spiro atoms. The Labute approximate surface area is 97.0 Å². The molecule has 0 radical (unpaired) electrons. The van der Waals surface area contributed by atoms with Crippen molar-refractivity contribution in [2.45, 2.75) is 0 Å². The van der Waals surface area contributed by atoms with E-state index in [0.29, 0.717) is 0 Å². The SMILES string of the molecule is COC(=O)NS(=O)(=O)Nc1ccc(Cl)nc1. The Morgan fingerprint density at radius 3 is 2.69 bits per heavy atom. The number of nitrogens with one attached hydrogen (secondary N) is 2. The molecular formula is C7H8ClN3O4S. The van der Waals surface area contributed by atoms with Crippen LogP contribution in [0.4, 0.5) is 10.5 Å². The summed E-state index contributed by atoms with van der Waals surface area (Å²) in [5, 5.41) is 0.226. The molecule has 88 valence electrons. The van der Waals surface area contributed by atoms with Crippen molar-refractivity contribution in [1.29, 1.82) is 0 Å². The number of halogens is 1. The third kappa shape index (κ3) is 3.91. The molecule has 1 aromatic heterocycles. The van der Waals surface area contributed by atoms with Crippen molar-refractivity contribution in [3.05, 3.63) is 23.5 Å². The monoisotopic (exact) mass is 265 g/mol. The lowest BCUT2D eigenvalue weighted by molar-refractivity contribution is 0.177. The molecule has 0 unspecified atom stereocenters. The van der Waals surface area contributed by atoms with Gasteiger partial charge in [0.25, 0.3) is 0 Å². The Hall–Kier alpha value is -1.54. The fraction of sp³-hybridized carbons (Fsp3) is 0.143. The number of rotatable bonds is 3. The molecule has 16 heavy (non-hydrogen) atoms. The molecule has 1 aromatic rings. The maximum atomic E-state index is 11.3. The molecule has 0 aliphatic heterocycles. The normalized spacial score (nSPS) is 10.6. The van der Waals surface area contributed by atoms with E-state index in [4.69, 9.17) is 11.6 Å². The second-order valence-electron chi connectivity index (χ2n) is 2.57. The van der Waals surface area contributed by atoms with Crippen molar-refractivity contribution >= 4 is 33.6 Å². The number of methoxy groups -OCH3 is 1. The highest BCUT2D eigenvalue weighted by atomic mass is 35.5. The highest BCUT2D eigenvalue weighted by Gasteiger charge is 2.14.